The number of rotatable bonds is 4. The minimum atomic E-state index is -0.401. The van der Waals surface area contributed by atoms with Crippen LogP contribution in [0.3, 0.4) is 0 Å². The molecule has 0 spiro atoms. The van der Waals surface area contributed by atoms with Crippen LogP contribution in [0.5, 0.6) is 5.75 Å². The fourth-order valence-electron chi connectivity index (χ4n) is 4.40. The lowest BCUT2D eigenvalue weighted by molar-refractivity contribution is 0.414. The van der Waals surface area contributed by atoms with Crippen LogP contribution in [0.25, 0.3) is 11.2 Å². The maximum absolute atomic E-state index is 13.6. The quantitative estimate of drug-likeness (QED) is 0.462. The predicted molar refractivity (Wildman–Crippen MR) is 129 cm³/mol. The van der Waals surface area contributed by atoms with Crippen LogP contribution in [0.4, 0.5) is 11.6 Å². The van der Waals surface area contributed by atoms with Crippen molar-refractivity contribution in [2.24, 2.45) is 13.0 Å². The maximum atomic E-state index is 13.6. The summed E-state index contributed by atoms with van der Waals surface area (Å²) in [4.78, 5) is 33.5. The van der Waals surface area contributed by atoms with Crippen LogP contribution in [0, 0.1) is 5.92 Å². The average Bonchev–Trinajstić information content (AvgIpc) is 3.21. The van der Waals surface area contributed by atoms with Gasteiger partial charge in [-0.2, -0.15) is 4.98 Å². The van der Waals surface area contributed by atoms with Gasteiger partial charge in [0, 0.05) is 30.8 Å². The highest BCUT2D eigenvalue weighted by atomic mass is 35.5. The van der Waals surface area contributed by atoms with Crippen molar-refractivity contribution in [1.29, 1.82) is 0 Å². The van der Waals surface area contributed by atoms with E-state index >= 15 is 0 Å². The Morgan fingerprint density at radius 3 is 2.42 bits per heavy atom. The highest BCUT2D eigenvalue weighted by molar-refractivity contribution is 6.30. The molecule has 170 valence electrons. The molecular formula is C24H24ClN5O3. The third-order valence-corrected chi connectivity index (χ3v) is 6.33. The number of aryl methyl sites for hydroxylation is 1. The molecule has 0 amide bonds. The van der Waals surface area contributed by atoms with Crippen LogP contribution >= 0.6 is 11.6 Å². The van der Waals surface area contributed by atoms with Crippen LogP contribution in [-0.2, 0) is 20.1 Å². The summed E-state index contributed by atoms with van der Waals surface area (Å²) in [5.41, 5.74) is 1.86. The van der Waals surface area contributed by atoms with E-state index in [1.807, 2.05) is 41.0 Å². The zero-order chi connectivity index (χ0) is 23.3. The molecule has 1 atom stereocenters. The molecule has 5 rings (SSSR count). The summed E-state index contributed by atoms with van der Waals surface area (Å²) < 4.78 is 9.93. The molecule has 2 aromatic heterocycles. The fourth-order valence-corrected chi connectivity index (χ4v) is 4.52. The van der Waals surface area contributed by atoms with Gasteiger partial charge in [0.2, 0.25) is 5.95 Å². The number of ether oxygens (including phenoxy) is 1. The van der Waals surface area contributed by atoms with E-state index in [0.717, 1.165) is 23.5 Å². The van der Waals surface area contributed by atoms with Gasteiger partial charge in [0.25, 0.3) is 5.56 Å². The van der Waals surface area contributed by atoms with Crippen molar-refractivity contribution in [2.45, 2.75) is 20.0 Å². The summed E-state index contributed by atoms with van der Waals surface area (Å²) >= 11 is 5.98. The molecule has 3 heterocycles. The second-order valence-electron chi connectivity index (χ2n) is 8.47. The van der Waals surface area contributed by atoms with Gasteiger partial charge in [0.05, 0.1) is 13.7 Å². The van der Waals surface area contributed by atoms with Gasteiger partial charge < -0.3 is 14.2 Å². The summed E-state index contributed by atoms with van der Waals surface area (Å²) in [6.45, 7) is 3.70. The molecule has 0 bridgehead atoms. The Balaban J connectivity index is 1.68. The molecule has 0 aliphatic carbocycles. The molecule has 4 aromatic rings. The van der Waals surface area contributed by atoms with Crippen molar-refractivity contribution in [3.63, 3.8) is 0 Å². The first kappa shape index (κ1) is 21.3. The summed E-state index contributed by atoms with van der Waals surface area (Å²) in [5, 5.41) is 0.604. The van der Waals surface area contributed by atoms with Gasteiger partial charge in [-0.05, 0) is 47.9 Å². The van der Waals surface area contributed by atoms with Crippen LogP contribution in [0.15, 0.2) is 58.1 Å². The largest absolute Gasteiger partial charge is 0.497 e. The maximum Gasteiger partial charge on any atom is 0.332 e. The number of nitrogens with zero attached hydrogens (tertiary/aromatic N) is 5. The van der Waals surface area contributed by atoms with Crippen molar-refractivity contribution in [2.75, 3.05) is 18.6 Å². The first-order chi connectivity index (χ1) is 15.9. The van der Waals surface area contributed by atoms with Gasteiger partial charge in [0.1, 0.15) is 5.75 Å². The lowest BCUT2D eigenvalue weighted by atomic mass is 10.1. The molecule has 33 heavy (non-hydrogen) atoms. The molecule has 1 aliphatic heterocycles. The summed E-state index contributed by atoms with van der Waals surface area (Å²) in [6, 6.07) is 14.9. The van der Waals surface area contributed by atoms with E-state index < -0.39 is 5.69 Å². The minimum absolute atomic E-state index is 0.164. The van der Waals surface area contributed by atoms with Crippen molar-refractivity contribution >= 4 is 34.4 Å². The van der Waals surface area contributed by atoms with Gasteiger partial charge in [-0.25, -0.2) is 4.79 Å². The molecule has 8 nitrogen and oxygen atoms in total. The van der Waals surface area contributed by atoms with Gasteiger partial charge in [-0.15, -0.1) is 0 Å². The van der Waals surface area contributed by atoms with Crippen LogP contribution in [-0.4, -0.2) is 32.3 Å². The zero-order valence-electron chi connectivity index (χ0n) is 18.7. The van der Waals surface area contributed by atoms with Crippen LogP contribution < -0.4 is 20.9 Å². The number of hydrogen-bond acceptors (Lipinski definition) is 5. The lowest BCUT2D eigenvalue weighted by Gasteiger charge is -2.33. The minimum Gasteiger partial charge on any atom is -0.497 e. The first-order valence-electron chi connectivity index (χ1n) is 10.7. The Kier molecular flexibility index (Phi) is 5.25. The molecule has 0 fully saturated rings. The van der Waals surface area contributed by atoms with E-state index in [2.05, 4.69) is 11.8 Å². The van der Waals surface area contributed by atoms with E-state index in [9.17, 15) is 9.59 Å². The molecule has 0 saturated carbocycles. The first-order valence-corrected chi connectivity index (χ1v) is 11.1. The SMILES string of the molecule is COc1ccc(N2C[C@H](C)Cn3c2nc2c3c(=O)n(Cc3ccc(Cl)cc3)c(=O)n2C)cc1. The number of aromatic nitrogens is 4. The van der Waals surface area contributed by atoms with Gasteiger partial charge >= 0.3 is 5.69 Å². The zero-order valence-corrected chi connectivity index (χ0v) is 19.4. The van der Waals surface area contributed by atoms with E-state index in [1.54, 1.807) is 26.3 Å². The molecule has 9 heteroatoms. The van der Waals surface area contributed by atoms with Crippen molar-refractivity contribution in [3.05, 3.63) is 80.0 Å². The number of methoxy groups -OCH3 is 1. The van der Waals surface area contributed by atoms with E-state index in [4.69, 9.17) is 21.3 Å². The Morgan fingerprint density at radius 2 is 1.76 bits per heavy atom. The monoisotopic (exact) mass is 465 g/mol. The number of halogens is 1. The Labute approximate surface area is 195 Å². The fraction of sp³-hybridized carbons (Fsp3) is 0.292. The van der Waals surface area contributed by atoms with E-state index in [1.165, 1.54) is 9.13 Å². The third kappa shape index (κ3) is 3.60. The standard InChI is InChI=1S/C24H24ClN5O3/c1-15-12-28(18-8-10-19(33-3)11-9-18)23-26-21-20(29(23)13-15)22(31)30(24(32)27(21)2)14-16-4-6-17(25)7-5-16/h4-11,15H,12-14H2,1-3H3/t15-/m0/s1. The van der Waals surface area contributed by atoms with E-state index in [0.29, 0.717) is 28.7 Å². The number of fused-ring (bicyclic) bond motifs is 3. The molecule has 1 aliphatic rings. The number of benzene rings is 2. The Bertz CT molecular complexity index is 1450. The highest BCUT2D eigenvalue weighted by Crippen LogP contribution is 2.33. The summed E-state index contributed by atoms with van der Waals surface area (Å²) in [5.74, 6) is 1.70. The second-order valence-corrected chi connectivity index (χ2v) is 8.90. The van der Waals surface area contributed by atoms with E-state index in [-0.39, 0.29) is 18.0 Å². The number of anilines is 2. The number of hydrogen-bond donors (Lipinski definition) is 0. The van der Waals surface area contributed by atoms with Gasteiger partial charge in [0.15, 0.2) is 11.2 Å². The molecule has 0 N–H and O–H groups in total. The topological polar surface area (TPSA) is 74.3 Å². The van der Waals surface area contributed by atoms with Crippen molar-refractivity contribution in [3.8, 4) is 5.75 Å². The normalized spacial score (nSPS) is 15.6. The smallest absolute Gasteiger partial charge is 0.332 e. The average molecular weight is 466 g/mol. The molecule has 0 radical (unpaired) electrons. The predicted octanol–water partition coefficient (Wildman–Crippen LogP) is 3.39. The molecular weight excluding hydrogens is 442 g/mol. The molecule has 2 aromatic carbocycles. The Morgan fingerprint density at radius 1 is 1.06 bits per heavy atom. The summed E-state index contributed by atoms with van der Waals surface area (Å²) in [6.07, 6.45) is 0. The second kappa shape index (κ2) is 8.12. The Hall–Kier alpha value is -3.52. The van der Waals surface area contributed by atoms with Crippen LogP contribution in [0.1, 0.15) is 12.5 Å². The highest BCUT2D eigenvalue weighted by Gasteiger charge is 2.29. The lowest BCUT2D eigenvalue weighted by Crippen LogP contribution is -2.40. The molecule has 0 unspecified atom stereocenters. The van der Waals surface area contributed by atoms with Gasteiger partial charge in [-0.1, -0.05) is 30.7 Å². The van der Waals surface area contributed by atoms with Crippen LogP contribution in [0.2, 0.25) is 5.02 Å². The third-order valence-electron chi connectivity index (χ3n) is 6.08. The van der Waals surface area contributed by atoms with Gasteiger partial charge in [-0.3, -0.25) is 13.9 Å². The van der Waals surface area contributed by atoms with Crippen molar-refractivity contribution < 1.29 is 4.74 Å². The van der Waals surface area contributed by atoms with Crippen molar-refractivity contribution in [1.82, 2.24) is 18.7 Å². The summed E-state index contributed by atoms with van der Waals surface area (Å²) in [7, 11) is 3.29. The molecule has 0 saturated heterocycles. The number of imidazole rings is 1.